The molecule has 1 heterocycles. The maximum Gasteiger partial charge on any atom is 0.264 e. The summed E-state index contributed by atoms with van der Waals surface area (Å²) < 4.78 is 79.0. The Morgan fingerprint density at radius 3 is 2.02 bits per heavy atom. The van der Waals surface area contributed by atoms with Crippen molar-refractivity contribution >= 4 is 44.3 Å². The molecule has 13 heteroatoms. The molecule has 0 radical (unpaired) electrons. The zero-order valence-electron chi connectivity index (χ0n) is 22.9. The maximum atomic E-state index is 15.5. The van der Waals surface area contributed by atoms with Gasteiger partial charge in [-0.25, -0.2) is 13.2 Å². The van der Waals surface area contributed by atoms with E-state index in [1.54, 1.807) is 20.8 Å². The first-order chi connectivity index (χ1) is 18.2. The second kappa shape index (κ2) is 10.7. The third-order valence-corrected chi connectivity index (χ3v) is 6.21. The summed E-state index contributed by atoms with van der Waals surface area (Å²) in [6, 6.07) is 4.34. The van der Waals surface area contributed by atoms with Crippen LogP contribution in [0.3, 0.4) is 0 Å². The summed E-state index contributed by atoms with van der Waals surface area (Å²) in [6.07, 6.45) is 0.673. The highest BCUT2D eigenvalue weighted by atomic mass is 32.2. The van der Waals surface area contributed by atoms with E-state index in [-0.39, 0.29) is 17.0 Å². The molecular formula is C27H29F3N2O7S. The van der Waals surface area contributed by atoms with Crippen LogP contribution in [0.4, 0.5) is 24.5 Å². The van der Waals surface area contributed by atoms with Crippen molar-refractivity contribution in [3.63, 3.8) is 0 Å². The lowest BCUT2D eigenvalue weighted by atomic mass is 9.95. The van der Waals surface area contributed by atoms with Gasteiger partial charge in [0.2, 0.25) is 11.8 Å². The summed E-state index contributed by atoms with van der Waals surface area (Å²) in [4.78, 5) is 38.0. The summed E-state index contributed by atoms with van der Waals surface area (Å²) in [5.74, 6) is -5.24. The Morgan fingerprint density at radius 1 is 0.925 bits per heavy atom. The van der Waals surface area contributed by atoms with Crippen molar-refractivity contribution in [1.29, 1.82) is 0 Å². The van der Waals surface area contributed by atoms with Crippen molar-refractivity contribution in [2.45, 2.75) is 48.1 Å². The molecule has 1 aromatic heterocycles. The Hall–Kier alpha value is -3.71. The molecule has 0 unspecified atom stereocenters. The minimum absolute atomic E-state index is 0.0248. The molecule has 0 aliphatic carbocycles. The molecule has 0 saturated heterocycles. The SMILES string of the molecule is CC(C)(C)C(=O)Nc1ccc(-c2cc(=O)c3c(NC(=O)C(C)(C)C)c(F)c(COS(C)(=O)=O)c(F)c3o2)cc1F. The van der Waals surface area contributed by atoms with Gasteiger partial charge in [0, 0.05) is 22.5 Å². The summed E-state index contributed by atoms with van der Waals surface area (Å²) in [5.41, 5.74) is -5.47. The quantitative estimate of drug-likeness (QED) is 0.376. The normalized spacial score (nSPS) is 12.4. The summed E-state index contributed by atoms with van der Waals surface area (Å²) in [7, 11) is -4.14. The first-order valence-corrected chi connectivity index (χ1v) is 13.8. The Bertz CT molecular complexity index is 1690. The molecule has 40 heavy (non-hydrogen) atoms. The molecule has 0 aliphatic rings. The number of carbonyl (C=O) groups excluding carboxylic acids is 2. The molecule has 2 amide bonds. The lowest BCUT2D eigenvalue weighted by Gasteiger charge is -2.20. The summed E-state index contributed by atoms with van der Waals surface area (Å²) in [6.45, 7) is 8.37. The van der Waals surface area contributed by atoms with Crippen LogP contribution in [-0.2, 0) is 30.5 Å². The molecule has 0 bridgehead atoms. The van der Waals surface area contributed by atoms with Crippen molar-refractivity contribution in [2.75, 3.05) is 16.9 Å². The first kappa shape index (κ1) is 30.8. The van der Waals surface area contributed by atoms with E-state index in [1.165, 1.54) is 32.9 Å². The van der Waals surface area contributed by atoms with Gasteiger partial charge in [0.15, 0.2) is 22.6 Å². The molecule has 3 aromatic rings. The van der Waals surface area contributed by atoms with Crippen LogP contribution in [0, 0.1) is 28.3 Å². The fraction of sp³-hybridized carbons (Fsp3) is 0.370. The van der Waals surface area contributed by atoms with E-state index in [4.69, 9.17) is 4.42 Å². The van der Waals surface area contributed by atoms with E-state index in [9.17, 15) is 27.2 Å². The molecule has 0 saturated carbocycles. The van der Waals surface area contributed by atoms with Gasteiger partial charge in [0.05, 0.1) is 35.2 Å². The highest BCUT2D eigenvalue weighted by molar-refractivity contribution is 7.85. The van der Waals surface area contributed by atoms with E-state index in [1.807, 2.05) is 0 Å². The van der Waals surface area contributed by atoms with E-state index in [0.717, 1.165) is 12.1 Å². The number of benzene rings is 2. The van der Waals surface area contributed by atoms with E-state index in [2.05, 4.69) is 14.8 Å². The van der Waals surface area contributed by atoms with Gasteiger partial charge in [-0.15, -0.1) is 0 Å². The average Bonchev–Trinajstić information content (AvgIpc) is 2.80. The van der Waals surface area contributed by atoms with Crippen molar-refractivity contribution in [3.8, 4) is 11.3 Å². The van der Waals surface area contributed by atoms with Crippen LogP contribution in [0.1, 0.15) is 47.1 Å². The van der Waals surface area contributed by atoms with Crippen LogP contribution in [0.25, 0.3) is 22.3 Å². The van der Waals surface area contributed by atoms with Gasteiger partial charge in [-0.1, -0.05) is 41.5 Å². The van der Waals surface area contributed by atoms with E-state index in [0.29, 0.717) is 6.26 Å². The van der Waals surface area contributed by atoms with Gasteiger partial charge in [-0.3, -0.25) is 18.6 Å². The van der Waals surface area contributed by atoms with Gasteiger partial charge in [0.1, 0.15) is 11.6 Å². The van der Waals surface area contributed by atoms with Crippen LogP contribution < -0.4 is 16.1 Å². The molecular weight excluding hydrogens is 553 g/mol. The number of halogens is 3. The third-order valence-electron chi connectivity index (χ3n) is 5.67. The molecule has 216 valence electrons. The lowest BCUT2D eigenvalue weighted by Crippen LogP contribution is -2.29. The molecule has 0 fully saturated rings. The minimum atomic E-state index is -4.14. The van der Waals surface area contributed by atoms with Gasteiger partial charge < -0.3 is 15.1 Å². The number of hydrogen-bond acceptors (Lipinski definition) is 7. The summed E-state index contributed by atoms with van der Waals surface area (Å²) in [5, 5.41) is 4.05. The van der Waals surface area contributed by atoms with Gasteiger partial charge in [-0.2, -0.15) is 8.42 Å². The van der Waals surface area contributed by atoms with Crippen LogP contribution in [0.15, 0.2) is 33.5 Å². The second-order valence-corrected chi connectivity index (χ2v) is 12.9. The van der Waals surface area contributed by atoms with Crippen LogP contribution in [0.5, 0.6) is 0 Å². The van der Waals surface area contributed by atoms with Crippen molar-refractivity contribution in [3.05, 3.63) is 57.5 Å². The second-order valence-electron chi connectivity index (χ2n) is 11.2. The Morgan fingerprint density at radius 2 is 1.50 bits per heavy atom. The van der Waals surface area contributed by atoms with Crippen LogP contribution in [-0.4, -0.2) is 26.5 Å². The van der Waals surface area contributed by atoms with Gasteiger partial charge >= 0.3 is 0 Å². The molecule has 0 atom stereocenters. The van der Waals surface area contributed by atoms with Crippen molar-refractivity contribution in [1.82, 2.24) is 0 Å². The van der Waals surface area contributed by atoms with Crippen LogP contribution >= 0.6 is 0 Å². The zero-order valence-corrected chi connectivity index (χ0v) is 23.7. The predicted molar refractivity (Wildman–Crippen MR) is 144 cm³/mol. The van der Waals surface area contributed by atoms with E-state index < -0.39 is 84.5 Å². The van der Waals surface area contributed by atoms with Crippen molar-refractivity contribution in [2.24, 2.45) is 10.8 Å². The average molecular weight is 583 g/mol. The number of fused-ring (bicyclic) bond motifs is 1. The molecule has 2 aromatic carbocycles. The highest BCUT2D eigenvalue weighted by Crippen LogP contribution is 2.35. The van der Waals surface area contributed by atoms with E-state index >= 15 is 8.78 Å². The third kappa shape index (κ3) is 6.70. The van der Waals surface area contributed by atoms with Gasteiger partial charge in [0.25, 0.3) is 10.1 Å². The standard InChI is InChI=1S/C27H29F3N2O7S/c1-26(2,3)24(34)31-16-9-8-13(10-15(16)28)18-11-17(33)19-22(32-25(35)27(4,5)6)20(29)14(12-38-40(7,36)37)21(30)23(19)39-18/h8-11H,12H2,1-7H3,(H,31,34)(H,32,35). The molecule has 3 rings (SSSR count). The largest absolute Gasteiger partial charge is 0.453 e. The fourth-order valence-corrected chi connectivity index (χ4v) is 3.64. The highest BCUT2D eigenvalue weighted by Gasteiger charge is 2.30. The number of carbonyl (C=O) groups is 2. The number of hydrogen-bond donors (Lipinski definition) is 2. The zero-order chi connectivity index (χ0) is 30.4. The molecule has 2 N–H and O–H groups in total. The number of amides is 2. The minimum Gasteiger partial charge on any atom is -0.453 e. The monoisotopic (exact) mass is 582 g/mol. The van der Waals surface area contributed by atoms with Gasteiger partial charge in [-0.05, 0) is 18.2 Å². The molecule has 0 aliphatic heterocycles. The maximum absolute atomic E-state index is 15.5. The Balaban J connectivity index is 2.23. The Kier molecular flexibility index (Phi) is 8.24. The Labute approximate surface area is 228 Å². The lowest BCUT2D eigenvalue weighted by molar-refractivity contribution is -0.123. The molecule has 9 nitrogen and oxygen atoms in total. The number of rotatable bonds is 6. The topological polar surface area (TPSA) is 132 Å². The number of nitrogens with one attached hydrogen (secondary N) is 2. The van der Waals surface area contributed by atoms with Crippen LogP contribution in [0.2, 0.25) is 0 Å². The fourth-order valence-electron chi connectivity index (χ4n) is 3.31. The first-order valence-electron chi connectivity index (χ1n) is 12.0. The predicted octanol–water partition coefficient (Wildman–Crippen LogP) is 5.32. The smallest absolute Gasteiger partial charge is 0.264 e. The number of anilines is 2. The summed E-state index contributed by atoms with van der Waals surface area (Å²) >= 11 is 0. The molecule has 0 spiro atoms. The van der Waals surface area contributed by atoms with Crippen molar-refractivity contribution < 1.29 is 39.8 Å².